The van der Waals surface area contributed by atoms with Crippen molar-refractivity contribution in [1.29, 1.82) is 0 Å². The van der Waals surface area contributed by atoms with Crippen LogP contribution in [0.1, 0.15) is 27.2 Å². The van der Waals surface area contributed by atoms with Crippen LogP contribution in [0.2, 0.25) is 0 Å². The maximum absolute atomic E-state index is 13.1. The van der Waals surface area contributed by atoms with Crippen molar-refractivity contribution in [2.45, 2.75) is 44.8 Å². The third-order valence-electron chi connectivity index (χ3n) is 2.44. The molecule has 0 saturated carbocycles. The summed E-state index contributed by atoms with van der Waals surface area (Å²) >= 11 is 2.84. The van der Waals surface area contributed by atoms with Gasteiger partial charge in [-0.1, -0.05) is 15.9 Å². The Kier molecular flexibility index (Phi) is 6.13. The fourth-order valence-electron chi connectivity index (χ4n) is 1.34. The fourth-order valence-corrected chi connectivity index (χ4v) is 1.62. The molecule has 0 aromatic heterocycles. The zero-order valence-corrected chi connectivity index (χ0v) is 12.7. The van der Waals surface area contributed by atoms with E-state index in [-0.39, 0.29) is 11.8 Å². The molecule has 9 heteroatoms. The first-order valence-electron chi connectivity index (χ1n) is 5.59. The van der Waals surface area contributed by atoms with Crippen molar-refractivity contribution in [3.63, 3.8) is 0 Å². The van der Waals surface area contributed by atoms with Gasteiger partial charge in [-0.05, 0) is 20.8 Å². The van der Waals surface area contributed by atoms with Crippen LogP contribution in [-0.2, 0) is 9.59 Å². The van der Waals surface area contributed by atoms with Crippen LogP contribution < -0.4 is 0 Å². The second kappa shape index (κ2) is 6.36. The highest BCUT2D eigenvalue weighted by molar-refractivity contribution is 9.09. The van der Waals surface area contributed by atoms with E-state index in [1.165, 1.54) is 20.8 Å². The molecule has 0 fully saturated rings. The third-order valence-corrected chi connectivity index (χ3v) is 3.07. The fraction of sp³-hybridized carbons (Fsp3) is 0.818. The minimum atomic E-state index is -5.97. The van der Waals surface area contributed by atoms with Crippen LogP contribution in [-0.4, -0.2) is 46.1 Å². The molecule has 0 aliphatic rings. The lowest BCUT2D eigenvalue weighted by Crippen LogP contribution is -2.57. The molecular formula is C11H15BrF5NO2. The Morgan fingerprint density at radius 1 is 1.05 bits per heavy atom. The minimum Gasteiger partial charge on any atom is -0.332 e. The predicted molar refractivity (Wildman–Crippen MR) is 65.9 cm³/mol. The second-order valence-electron chi connectivity index (χ2n) is 5.12. The maximum atomic E-state index is 13.1. The van der Waals surface area contributed by atoms with Gasteiger partial charge < -0.3 is 4.90 Å². The van der Waals surface area contributed by atoms with Gasteiger partial charge in [0.25, 0.3) is 0 Å². The highest BCUT2D eigenvalue weighted by Crippen LogP contribution is 2.38. The lowest BCUT2D eigenvalue weighted by Gasteiger charge is -2.38. The summed E-state index contributed by atoms with van der Waals surface area (Å²) in [7, 11) is 0. The highest BCUT2D eigenvalue weighted by Gasteiger charge is 2.65. The van der Waals surface area contributed by atoms with E-state index in [1.54, 1.807) is 0 Å². The number of halogens is 6. The standard InChI is InChI=1S/C11H15BrF5NO2/c1-9(2,3)18(5-4-7(19)6-12)8(20)10(13,14)11(15,16)17/h4-6H2,1-3H3. The summed E-state index contributed by atoms with van der Waals surface area (Å²) in [5.41, 5.74) is -1.27. The number of carbonyl (C=O) groups excluding carboxylic acids is 2. The lowest BCUT2D eigenvalue weighted by atomic mass is 10.0. The van der Waals surface area contributed by atoms with E-state index < -0.39 is 35.9 Å². The highest BCUT2D eigenvalue weighted by atomic mass is 79.9. The van der Waals surface area contributed by atoms with Crippen LogP contribution in [0.3, 0.4) is 0 Å². The monoisotopic (exact) mass is 367 g/mol. The van der Waals surface area contributed by atoms with E-state index in [1.807, 2.05) is 0 Å². The zero-order chi connectivity index (χ0) is 16.4. The first-order valence-corrected chi connectivity index (χ1v) is 6.71. The smallest absolute Gasteiger partial charge is 0.332 e. The molecule has 0 saturated heterocycles. The van der Waals surface area contributed by atoms with Crippen LogP contribution in [0.4, 0.5) is 22.0 Å². The molecule has 0 heterocycles. The molecule has 20 heavy (non-hydrogen) atoms. The zero-order valence-electron chi connectivity index (χ0n) is 11.2. The van der Waals surface area contributed by atoms with Crippen molar-refractivity contribution >= 4 is 27.6 Å². The van der Waals surface area contributed by atoms with Crippen molar-refractivity contribution in [2.75, 3.05) is 11.9 Å². The predicted octanol–water partition coefficient (Wildman–Crippen LogP) is 3.17. The van der Waals surface area contributed by atoms with Crippen molar-refractivity contribution in [3.05, 3.63) is 0 Å². The van der Waals surface area contributed by atoms with Gasteiger partial charge in [0.05, 0.1) is 5.33 Å². The van der Waals surface area contributed by atoms with Gasteiger partial charge in [-0.2, -0.15) is 22.0 Å². The number of hydrogen-bond acceptors (Lipinski definition) is 2. The van der Waals surface area contributed by atoms with Gasteiger partial charge in [0.1, 0.15) is 5.78 Å². The topological polar surface area (TPSA) is 37.4 Å². The number of ketones is 1. The minimum absolute atomic E-state index is 0.0607. The second-order valence-corrected chi connectivity index (χ2v) is 5.68. The van der Waals surface area contributed by atoms with E-state index in [4.69, 9.17) is 0 Å². The molecule has 0 atom stereocenters. The number of rotatable bonds is 5. The molecule has 0 aliphatic heterocycles. The van der Waals surface area contributed by atoms with Crippen LogP contribution >= 0.6 is 15.9 Å². The Morgan fingerprint density at radius 2 is 1.50 bits per heavy atom. The molecule has 1 amide bonds. The van der Waals surface area contributed by atoms with Crippen LogP contribution in [0, 0.1) is 0 Å². The van der Waals surface area contributed by atoms with Gasteiger partial charge in [0, 0.05) is 18.5 Å². The first kappa shape index (κ1) is 19.3. The van der Waals surface area contributed by atoms with Crippen molar-refractivity contribution in [3.8, 4) is 0 Å². The number of nitrogens with zero attached hydrogens (tertiary/aromatic N) is 1. The lowest BCUT2D eigenvalue weighted by molar-refractivity contribution is -0.276. The first-order chi connectivity index (χ1) is 8.75. The van der Waals surface area contributed by atoms with Crippen molar-refractivity contribution < 1.29 is 31.5 Å². The Labute approximate surface area is 121 Å². The molecule has 0 rings (SSSR count). The SMILES string of the molecule is CC(C)(C)N(CCC(=O)CBr)C(=O)C(F)(F)C(F)(F)F. The molecule has 0 radical (unpaired) electrons. The Hall–Kier alpha value is -0.730. The molecule has 118 valence electrons. The summed E-state index contributed by atoms with van der Waals surface area (Å²) in [6, 6.07) is 0. The van der Waals surface area contributed by atoms with Crippen LogP contribution in [0.15, 0.2) is 0 Å². The summed E-state index contributed by atoms with van der Waals surface area (Å²) in [6.45, 7) is 3.44. The van der Waals surface area contributed by atoms with Gasteiger partial charge in [-0.3, -0.25) is 9.59 Å². The van der Waals surface area contributed by atoms with Gasteiger partial charge in [0.2, 0.25) is 0 Å². The van der Waals surface area contributed by atoms with Gasteiger partial charge in [-0.25, -0.2) is 0 Å². The largest absolute Gasteiger partial charge is 0.463 e. The average molecular weight is 368 g/mol. The maximum Gasteiger partial charge on any atom is 0.463 e. The van der Waals surface area contributed by atoms with Crippen molar-refractivity contribution in [2.24, 2.45) is 0 Å². The molecule has 3 nitrogen and oxygen atoms in total. The number of alkyl halides is 6. The normalized spacial score (nSPS) is 13.2. The van der Waals surface area contributed by atoms with Gasteiger partial charge >= 0.3 is 18.0 Å². The number of Topliss-reactive ketones (excluding diaryl/α,β-unsaturated/α-hetero) is 1. The van der Waals surface area contributed by atoms with E-state index in [9.17, 15) is 31.5 Å². The molecule has 0 aromatic carbocycles. The quantitative estimate of drug-likeness (QED) is 0.552. The third kappa shape index (κ3) is 4.68. The molecule has 0 N–H and O–H groups in total. The summed E-state index contributed by atoms with van der Waals surface area (Å²) in [6.07, 6.45) is -6.27. The molecule has 0 aliphatic carbocycles. The molecule has 0 bridgehead atoms. The Bertz CT molecular complexity index is 376. The van der Waals surface area contributed by atoms with Crippen LogP contribution in [0.25, 0.3) is 0 Å². The van der Waals surface area contributed by atoms with Crippen molar-refractivity contribution in [1.82, 2.24) is 4.90 Å². The summed E-state index contributed by atoms with van der Waals surface area (Å²) in [4.78, 5) is 23.0. The van der Waals surface area contributed by atoms with Gasteiger partial charge in [0.15, 0.2) is 0 Å². The summed E-state index contributed by atoms with van der Waals surface area (Å²) in [5.74, 6) is -8.22. The van der Waals surface area contributed by atoms with Gasteiger partial charge in [-0.15, -0.1) is 0 Å². The Balaban J connectivity index is 5.26. The van der Waals surface area contributed by atoms with Crippen LogP contribution in [0.5, 0.6) is 0 Å². The molecule has 0 aromatic rings. The number of amides is 1. The average Bonchev–Trinajstić information content (AvgIpc) is 2.25. The summed E-state index contributed by atoms with van der Waals surface area (Å²) < 4.78 is 62.9. The van der Waals surface area contributed by atoms with E-state index in [0.29, 0.717) is 4.90 Å². The number of hydrogen-bond donors (Lipinski definition) is 0. The Morgan fingerprint density at radius 3 is 1.80 bits per heavy atom. The van der Waals surface area contributed by atoms with E-state index in [2.05, 4.69) is 15.9 Å². The van der Waals surface area contributed by atoms with E-state index in [0.717, 1.165) is 0 Å². The molecule has 0 unspecified atom stereocenters. The number of carbonyl (C=O) groups is 2. The molecule has 0 spiro atoms. The molecular weight excluding hydrogens is 353 g/mol. The van der Waals surface area contributed by atoms with E-state index >= 15 is 0 Å². The summed E-state index contributed by atoms with van der Waals surface area (Å²) in [5, 5.41) is -0.0607.